The zero-order valence-electron chi connectivity index (χ0n) is 8.75. The maximum atomic E-state index is 5.51. The minimum Gasteiger partial charge on any atom is -0.384 e. The van der Waals surface area contributed by atoms with Gasteiger partial charge in [0.2, 0.25) is 0 Å². The zero-order valence-corrected chi connectivity index (χ0v) is 8.75. The predicted octanol–water partition coefficient (Wildman–Crippen LogP) is 2.26. The van der Waals surface area contributed by atoms with Gasteiger partial charge in [-0.15, -0.1) is 0 Å². The first kappa shape index (κ1) is 9.31. The molecule has 3 N–H and O–H groups in total. The minimum atomic E-state index is 0.513. The highest BCUT2D eigenvalue weighted by atomic mass is 15.0. The summed E-state index contributed by atoms with van der Waals surface area (Å²) in [6, 6.07) is 4.41. The van der Waals surface area contributed by atoms with Gasteiger partial charge in [0.15, 0.2) is 0 Å². The van der Waals surface area contributed by atoms with Crippen molar-refractivity contribution in [1.29, 1.82) is 0 Å². The number of hydrogen-bond acceptors (Lipinski definition) is 3. The van der Waals surface area contributed by atoms with Crippen LogP contribution in [0.15, 0.2) is 18.3 Å². The Morgan fingerprint density at radius 2 is 2.14 bits per heavy atom. The second-order valence-corrected chi connectivity index (χ2v) is 4.89. The molecule has 0 radical (unpaired) electrons. The van der Waals surface area contributed by atoms with Crippen molar-refractivity contribution in [2.75, 3.05) is 11.1 Å². The number of nitrogens with zero attached hydrogens (tertiary/aromatic N) is 1. The van der Waals surface area contributed by atoms with E-state index in [-0.39, 0.29) is 0 Å². The largest absolute Gasteiger partial charge is 0.384 e. The molecule has 0 spiro atoms. The lowest BCUT2D eigenvalue weighted by molar-refractivity contribution is 0.167. The molecule has 0 aliphatic heterocycles. The van der Waals surface area contributed by atoms with Crippen LogP contribution in [0.2, 0.25) is 0 Å². The van der Waals surface area contributed by atoms with Crippen LogP contribution in [0.25, 0.3) is 0 Å². The van der Waals surface area contributed by atoms with Gasteiger partial charge >= 0.3 is 0 Å². The molecule has 1 aromatic rings. The number of nitrogen functional groups attached to an aromatic ring is 1. The third-order valence-electron chi connectivity index (χ3n) is 2.76. The van der Waals surface area contributed by atoms with Crippen LogP contribution in [0.5, 0.6) is 0 Å². The summed E-state index contributed by atoms with van der Waals surface area (Å²) in [6.07, 6.45) is 4.26. The molecule has 0 aromatic carbocycles. The van der Waals surface area contributed by atoms with Gasteiger partial charge in [-0.3, -0.25) is 0 Å². The number of rotatable bonds is 2. The molecule has 0 unspecified atom stereocenters. The summed E-state index contributed by atoms with van der Waals surface area (Å²) in [5.41, 5.74) is 7.09. The Morgan fingerprint density at radius 1 is 1.43 bits per heavy atom. The van der Waals surface area contributed by atoms with E-state index in [9.17, 15) is 0 Å². The fourth-order valence-corrected chi connectivity index (χ4v) is 2.10. The SMILES string of the molecule is CC1(C)CC(Nc2ccc(N)nc2)C1. The molecule has 0 amide bonds. The number of pyridine rings is 1. The van der Waals surface area contributed by atoms with Crippen LogP contribution < -0.4 is 11.1 Å². The molecule has 1 heterocycles. The van der Waals surface area contributed by atoms with Crippen molar-refractivity contribution >= 4 is 11.5 Å². The van der Waals surface area contributed by atoms with Gasteiger partial charge in [0.1, 0.15) is 5.82 Å². The number of nitrogens with one attached hydrogen (secondary N) is 1. The van der Waals surface area contributed by atoms with Crippen LogP contribution >= 0.6 is 0 Å². The number of nitrogens with two attached hydrogens (primary N) is 1. The standard InChI is InChI=1S/C11H17N3/c1-11(2)5-9(6-11)14-8-3-4-10(12)13-7-8/h3-4,7,9,14H,5-6H2,1-2H3,(H2,12,13). The van der Waals surface area contributed by atoms with E-state index in [1.165, 1.54) is 12.8 Å². The molecule has 14 heavy (non-hydrogen) atoms. The summed E-state index contributed by atoms with van der Waals surface area (Å²) in [7, 11) is 0. The molecular weight excluding hydrogens is 174 g/mol. The normalized spacial score (nSPS) is 20.1. The van der Waals surface area contributed by atoms with E-state index in [1.807, 2.05) is 12.1 Å². The van der Waals surface area contributed by atoms with Crippen LogP contribution in [0.1, 0.15) is 26.7 Å². The Labute approximate surface area is 84.7 Å². The molecule has 3 nitrogen and oxygen atoms in total. The molecule has 1 saturated carbocycles. The Morgan fingerprint density at radius 3 is 2.64 bits per heavy atom. The molecular formula is C11H17N3. The quantitative estimate of drug-likeness (QED) is 0.754. The monoisotopic (exact) mass is 191 g/mol. The van der Waals surface area contributed by atoms with E-state index in [2.05, 4.69) is 24.1 Å². The maximum Gasteiger partial charge on any atom is 0.123 e. The van der Waals surface area contributed by atoms with Crippen LogP contribution in [-0.2, 0) is 0 Å². The average molecular weight is 191 g/mol. The molecule has 1 aliphatic carbocycles. The lowest BCUT2D eigenvalue weighted by Crippen LogP contribution is -2.41. The first-order chi connectivity index (χ1) is 6.55. The third-order valence-corrected chi connectivity index (χ3v) is 2.76. The van der Waals surface area contributed by atoms with Crippen LogP contribution in [0.4, 0.5) is 11.5 Å². The van der Waals surface area contributed by atoms with E-state index in [0.29, 0.717) is 17.3 Å². The Balaban J connectivity index is 1.90. The highest BCUT2D eigenvalue weighted by Gasteiger charge is 2.35. The van der Waals surface area contributed by atoms with Crippen molar-refractivity contribution in [2.24, 2.45) is 5.41 Å². The van der Waals surface area contributed by atoms with E-state index < -0.39 is 0 Å². The van der Waals surface area contributed by atoms with Crippen molar-refractivity contribution in [2.45, 2.75) is 32.7 Å². The molecule has 3 heteroatoms. The summed E-state index contributed by atoms with van der Waals surface area (Å²) in [5.74, 6) is 0.574. The fraction of sp³-hybridized carbons (Fsp3) is 0.545. The van der Waals surface area contributed by atoms with Gasteiger partial charge in [-0.2, -0.15) is 0 Å². The first-order valence-corrected chi connectivity index (χ1v) is 5.03. The summed E-state index contributed by atoms with van der Waals surface area (Å²) >= 11 is 0. The second-order valence-electron chi connectivity index (χ2n) is 4.89. The van der Waals surface area contributed by atoms with Crippen molar-refractivity contribution in [3.05, 3.63) is 18.3 Å². The lowest BCUT2D eigenvalue weighted by Gasteiger charge is -2.43. The zero-order chi connectivity index (χ0) is 10.2. The van der Waals surface area contributed by atoms with Crippen LogP contribution in [-0.4, -0.2) is 11.0 Å². The summed E-state index contributed by atoms with van der Waals surface area (Å²) in [5, 5.41) is 3.44. The summed E-state index contributed by atoms with van der Waals surface area (Å²) in [4.78, 5) is 4.04. The number of anilines is 2. The smallest absolute Gasteiger partial charge is 0.123 e. The van der Waals surface area contributed by atoms with Crippen molar-refractivity contribution in [3.8, 4) is 0 Å². The van der Waals surface area contributed by atoms with Crippen LogP contribution in [0.3, 0.4) is 0 Å². The first-order valence-electron chi connectivity index (χ1n) is 5.03. The average Bonchev–Trinajstić information content (AvgIpc) is 2.06. The second kappa shape index (κ2) is 3.15. The van der Waals surface area contributed by atoms with E-state index in [1.54, 1.807) is 6.20 Å². The Bertz CT molecular complexity index is 308. The summed E-state index contributed by atoms with van der Waals surface area (Å²) < 4.78 is 0. The topological polar surface area (TPSA) is 50.9 Å². The van der Waals surface area contributed by atoms with E-state index >= 15 is 0 Å². The lowest BCUT2D eigenvalue weighted by atomic mass is 9.68. The highest BCUT2D eigenvalue weighted by Crippen LogP contribution is 2.41. The molecule has 0 atom stereocenters. The molecule has 0 bridgehead atoms. The van der Waals surface area contributed by atoms with Crippen molar-refractivity contribution < 1.29 is 0 Å². The predicted molar refractivity (Wildman–Crippen MR) is 59.1 cm³/mol. The summed E-state index contributed by atoms with van der Waals surface area (Å²) in [6.45, 7) is 4.60. The minimum absolute atomic E-state index is 0.513. The molecule has 0 saturated heterocycles. The Hall–Kier alpha value is -1.25. The molecule has 1 aromatic heterocycles. The van der Waals surface area contributed by atoms with Gasteiger partial charge in [0.25, 0.3) is 0 Å². The van der Waals surface area contributed by atoms with Gasteiger partial charge in [-0.1, -0.05) is 13.8 Å². The maximum absolute atomic E-state index is 5.51. The van der Waals surface area contributed by atoms with Gasteiger partial charge in [0, 0.05) is 6.04 Å². The van der Waals surface area contributed by atoms with Gasteiger partial charge in [-0.05, 0) is 30.4 Å². The van der Waals surface area contributed by atoms with E-state index in [4.69, 9.17) is 5.73 Å². The number of aromatic nitrogens is 1. The highest BCUT2D eigenvalue weighted by molar-refractivity contribution is 5.46. The van der Waals surface area contributed by atoms with E-state index in [0.717, 1.165) is 5.69 Å². The third kappa shape index (κ3) is 1.97. The number of hydrogen-bond donors (Lipinski definition) is 2. The van der Waals surface area contributed by atoms with Gasteiger partial charge in [-0.25, -0.2) is 4.98 Å². The van der Waals surface area contributed by atoms with Gasteiger partial charge in [0.05, 0.1) is 11.9 Å². The molecule has 2 rings (SSSR count). The van der Waals surface area contributed by atoms with Crippen molar-refractivity contribution in [1.82, 2.24) is 4.98 Å². The fourth-order valence-electron chi connectivity index (χ4n) is 2.10. The molecule has 1 fully saturated rings. The molecule has 76 valence electrons. The molecule has 1 aliphatic rings. The van der Waals surface area contributed by atoms with Crippen molar-refractivity contribution in [3.63, 3.8) is 0 Å². The Kier molecular flexibility index (Phi) is 2.10. The van der Waals surface area contributed by atoms with Crippen LogP contribution in [0, 0.1) is 5.41 Å². The van der Waals surface area contributed by atoms with Gasteiger partial charge < -0.3 is 11.1 Å².